The number of aryl methyl sites for hydroxylation is 1. The maximum absolute atomic E-state index is 12.7. The van der Waals surface area contributed by atoms with Gasteiger partial charge >= 0.3 is 6.09 Å². The monoisotopic (exact) mass is 533 g/mol. The van der Waals surface area contributed by atoms with Gasteiger partial charge in [0.05, 0.1) is 22.6 Å². The normalized spacial score (nSPS) is 16.8. The number of halogens is 1. The van der Waals surface area contributed by atoms with E-state index in [1.807, 2.05) is 40.9 Å². The first-order valence-corrected chi connectivity index (χ1v) is 12.3. The maximum Gasteiger partial charge on any atom is 0.410 e. The van der Waals surface area contributed by atoms with Crippen LogP contribution in [0.5, 0.6) is 0 Å². The lowest BCUT2D eigenvalue weighted by Crippen LogP contribution is -2.42. The number of hydrogen-bond donors (Lipinski definition) is 1. The van der Waals surface area contributed by atoms with Crippen LogP contribution in [0.15, 0.2) is 23.1 Å². The van der Waals surface area contributed by atoms with Crippen LogP contribution in [0.2, 0.25) is 0 Å². The highest BCUT2D eigenvalue weighted by molar-refractivity contribution is 9.10. The lowest BCUT2D eigenvalue weighted by molar-refractivity contribution is 0.0197. The van der Waals surface area contributed by atoms with Crippen LogP contribution < -0.4 is 5.32 Å². The van der Waals surface area contributed by atoms with E-state index in [0.29, 0.717) is 26.4 Å². The molecule has 0 bridgehead atoms. The number of hydrogen-bond acceptors (Lipinski definition) is 7. The van der Waals surface area contributed by atoms with E-state index in [4.69, 9.17) is 14.5 Å². The molecule has 1 aliphatic heterocycles. The molecule has 1 saturated heterocycles. The molecule has 1 aliphatic rings. The molecule has 1 unspecified atom stereocenters. The van der Waals surface area contributed by atoms with Gasteiger partial charge in [-0.05, 0) is 56.5 Å². The minimum Gasteiger partial charge on any atom is -0.444 e. The molecule has 1 N–H and O–H groups in total. The molecule has 0 aromatic carbocycles. The maximum atomic E-state index is 12.7. The lowest BCUT2D eigenvalue weighted by atomic mass is 9.94. The van der Waals surface area contributed by atoms with Crippen LogP contribution in [0.4, 0.5) is 10.6 Å². The summed E-state index contributed by atoms with van der Waals surface area (Å²) < 4.78 is 15.5. The molecule has 0 aliphatic carbocycles. The first-order valence-electron chi connectivity index (χ1n) is 11.5. The summed E-state index contributed by atoms with van der Waals surface area (Å²) in [6.45, 7) is 9.75. The summed E-state index contributed by atoms with van der Waals surface area (Å²) >= 11 is 3.77. The van der Waals surface area contributed by atoms with Gasteiger partial charge in [0, 0.05) is 50.0 Å². The molecule has 184 valence electrons. The first kappa shape index (κ1) is 24.5. The van der Waals surface area contributed by atoms with Crippen LogP contribution in [0.1, 0.15) is 52.1 Å². The number of piperidine rings is 1. The van der Waals surface area contributed by atoms with Crippen LogP contribution in [-0.2, 0) is 16.5 Å². The summed E-state index contributed by atoms with van der Waals surface area (Å²) in [5.41, 5.74) is 2.90. The van der Waals surface area contributed by atoms with Crippen molar-refractivity contribution >= 4 is 33.5 Å². The number of ether oxygens (including phenoxy) is 2. The second-order valence-corrected chi connectivity index (χ2v) is 10.2. The second-order valence-electron chi connectivity index (χ2n) is 9.44. The number of nitrogens with zero attached hydrogens (tertiary/aromatic N) is 6. The summed E-state index contributed by atoms with van der Waals surface area (Å²) in [6.07, 6.45) is 7.05. The Morgan fingerprint density at radius 1 is 1.29 bits per heavy atom. The molecule has 3 aromatic heterocycles. The summed E-state index contributed by atoms with van der Waals surface area (Å²) in [5.74, 6) is 0.808. The Hall–Kier alpha value is -2.66. The van der Waals surface area contributed by atoms with Gasteiger partial charge in [-0.2, -0.15) is 14.7 Å². The van der Waals surface area contributed by atoms with Gasteiger partial charge in [0.25, 0.3) is 0 Å². The van der Waals surface area contributed by atoms with E-state index in [1.165, 1.54) is 0 Å². The number of amides is 1. The van der Waals surface area contributed by atoms with E-state index in [0.717, 1.165) is 45.6 Å². The Kier molecular flexibility index (Phi) is 7.13. The SMILES string of the molecule is CCOCNc1c(Br)c(C2CCCN(C(=O)OC(C)(C)C)C2)nc2c(-c3cnn(C)c3)cnn12. The average Bonchev–Trinajstić information content (AvgIpc) is 3.40. The number of carbonyl (C=O) groups is 1. The Bertz CT molecular complexity index is 1170. The van der Waals surface area contributed by atoms with Gasteiger partial charge in [0.15, 0.2) is 5.65 Å². The van der Waals surface area contributed by atoms with E-state index >= 15 is 0 Å². The van der Waals surface area contributed by atoms with Crippen molar-refractivity contribution in [1.29, 1.82) is 0 Å². The molecule has 0 radical (unpaired) electrons. The molecular formula is C23H32BrN7O3. The van der Waals surface area contributed by atoms with Gasteiger partial charge in [0.1, 0.15) is 18.1 Å². The third-order valence-corrected chi connectivity index (χ3v) is 6.42. The van der Waals surface area contributed by atoms with Crippen molar-refractivity contribution in [2.75, 3.05) is 31.7 Å². The van der Waals surface area contributed by atoms with Gasteiger partial charge in [-0.25, -0.2) is 9.78 Å². The number of anilines is 1. The van der Waals surface area contributed by atoms with Gasteiger partial charge in [-0.1, -0.05) is 0 Å². The summed E-state index contributed by atoms with van der Waals surface area (Å²) in [4.78, 5) is 19.6. The number of aromatic nitrogens is 5. The van der Waals surface area contributed by atoms with Crippen LogP contribution in [-0.4, -0.2) is 67.4 Å². The highest BCUT2D eigenvalue weighted by atomic mass is 79.9. The standard InChI is InChI=1S/C23H32BrN7O3/c1-6-33-14-25-21-18(24)19(15-8-7-9-30(13-15)22(32)34-23(2,3)4)28-20-17(11-27-31(20)21)16-10-26-29(5)12-16/h10-12,15,25H,6-9,13-14H2,1-5H3. The molecule has 1 amide bonds. The zero-order valence-corrected chi connectivity index (χ0v) is 21.9. The largest absolute Gasteiger partial charge is 0.444 e. The third kappa shape index (κ3) is 5.20. The van der Waals surface area contributed by atoms with E-state index in [-0.39, 0.29) is 12.0 Å². The van der Waals surface area contributed by atoms with E-state index < -0.39 is 5.60 Å². The number of rotatable bonds is 6. The molecule has 34 heavy (non-hydrogen) atoms. The van der Waals surface area contributed by atoms with Crippen LogP contribution in [0.25, 0.3) is 16.8 Å². The highest BCUT2D eigenvalue weighted by Crippen LogP contribution is 2.37. The van der Waals surface area contributed by atoms with E-state index in [9.17, 15) is 4.79 Å². The summed E-state index contributed by atoms with van der Waals surface area (Å²) in [5, 5.41) is 12.2. The molecule has 0 saturated carbocycles. The zero-order chi connectivity index (χ0) is 24.5. The minimum atomic E-state index is -0.533. The fraction of sp³-hybridized carbons (Fsp3) is 0.565. The van der Waals surface area contributed by atoms with Crippen LogP contribution >= 0.6 is 15.9 Å². The fourth-order valence-electron chi connectivity index (χ4n) is 4.09. The van der Waals surface area contributed by atoms with Gasteiger partial charge in [-0.15, -0.1) is 0 Å². The average molecular weight is 534 g/mol. The minimum absolute atomic E-state index is 0.0462. The predicted octanol–water partition coefficient (Wildman–Crippen LogP) is 4.41. The molecule has 3 aromatic rings. The van der Waals surface area contributed by atoms with Crippen LogP contribution in [0, 0.1) is 0 Å². The molecule has 1 fully saturated rings. The Labute approximate surface area is 207 Å². The lowest BCUT2D eigenvalue weighted by Gasteiger charge is -2.34. The molecule has 11 heteroatoms. The Morgan fingerprint density at radius 2 is 2.09 bits per heavy atom. The molecule has 1 atom stereocenters. The second kappa shape index (κ2) is 9.91. The number of carbonyl (C=O) groups excluding carboxylic acids is 1. The van der Waals surface area contributed by atoms with Gasteiger partial charge in [0.2, 0.25) is 0 Å². The number of likely N-dealkylation sites (tertiary alicyclic amines) is 1. The number of fused-ring (bicyclic) bond motifs is 1. The molecule has 0 spiro atoms. The topological polar surface area (TPSA) is 98.8 Å². The van der Waals surface area contributed by atoms with E-state index in [2.05, 4.69) is 31.4 Å². The Morgan fingerprint density at radius 3 is 2.76 bits per heavy atom. The predicted molar refractivity (Wildman–Crippen MR) is 133 cm³/mol. The third-order valence-electron chi connectivity index (χ3n) is 5.64. The smallest absolute Gasteiger partial charge is 0.410 e. The number of nitrogens with one attached hydrogen (secondary N) is 1. The first-order chi connectivity index (χ1) is 16.2. The van der Waals surface area contributed by atoms with Crippen molar-refractivity contribution in [3.05, 3.63) is 28.8 Å². The van der Waals surface area contributed by atoms with Gasteiger partial charge < -0.3 is 19.7 Å². The Balaban J connectivity index is 1.73. The van der Waals surface area contributed by atoms with Crippen molar-refractivity contribution in [1.82, 2.24) is 29.3 Å². The molecule has 4 rings (SSSR count). The van der Waals surface area contributed by atoms with Crippen molar-refractivity contribution in [3.8, 4) is 11.1 Å². The van der Waals surface area contributed by atoms with Crippen molar-refractivity contribution in [2.24, 2.45) is 7.05 Å². The van der Waals surface area contributed by atoms with Crippen molar-refractivity contribution in [3.63, 3.8) is 0 Å². The molecule has 4 heterocycles. The summed E-state index contributed by atoms with van der Waals surface area (Å²) in [6, 6.07) is 0. The van der Waals surface area contributed by atoms with Crippen LogP contribution in [0.3, 0.4) is 0 Å². The van der Waals surface area contributed by atoms with E-state index in [1.54, 1.807) is 26.5 Å². The van der Waals surface area contributed by atoms with Crippen molar-refractivity contribution < 1.29 is 14.3 Å². The summed E-state index contributed by atoms with van der Waals surface area (Å²) in [7, 11) is 1.88. The van der Waals surface area contributed by atoms with Gasteiger partial charge in [-0.3, -0.25) is 4.68 Å². The van der Waals surface area contributed by atoms with Crippen molar-refractivity contribution in [2.45, 2.75) is 52.1 Å². The highest BCUT2D eigenvalue weighted by Gasteiger charge is 2.31. The molecule has 10 nitrogen and oxygen atoms in total. The molecular weight excluding hydrogens is 502 g/mol. The quantitative estimate of drug-likeness (QED) is 0.370. The fourth-order valence-corrected chi connectivity index (χ4v) is 4.81. The zero-order valence-electron chi connectivity index (χ0n) is 20.3.